The number of sulfone groups is 1. The molecule has 0 spiro atoms. The Morgan fingerprint density at radius 3 is 2.50 bits per heavy atom. The number of rotatable bonds is 6. The number of aryl methyl sites for hydroxylation is 3. The van der Waals surface area contributed by atoms with Crippen LogP contribution in [0.15, 0.2) is 32.6 Å². The van der Waals surface area contributed by atoms with Crippen molar-refractivity contribution in [1.29, 1.82) is 0 Å². The first kappa shape index (κ1) is 20.0. The summed E-state index contributed by atoms with van der Waals surface area (Å²) in [4.78, 5) is 4.57. The standard InChI is InChI=1S/C18H26N4O3S/c1-12-10-15(6-7-17(12)26(5,23)24)11-21-18(19-4)20-9-8-16-13(2)22-25-14(16)3/h6-7,10H,8-9,11H2,1-5H3,(H2,19,20,21). The summed E-state index contributed by atoms with van der Waals surface area (Å²) < 4.78 is 28.5. The van der Waals surface area contributed by atoms with Crippen molar-refractivity contribution in [1.82, 2.24) is 15.8 Å². The molecule has 2 rings (SSSR count). The van der Waals surface area contributed by atoms with Gasteiger partial charge < -0.3 is 15.2 Å². The van der Waals surface area contributed by atoms with Crippen LogP contribution in [0.3, 0.4) is 0 Å². The van der Waals surface area contributed by atoms with Gasteiger partial charge in [0.2, 0.25) is 0 Å². The molecular formula is C18H26N4O3S. The molecule has 0 amide bonds. The van der Waals surface area contributed by atoms with Crippen molar-refractivity contribution < 1.29 is 12.9 Å². The third-order valence-electron chi connectivity index (χ3n) is 4.17. The first-order valence-corrected chi connectivity index (χ1v) is 10.3. The highest BCUT2D eigenvalue weighted by Crippen LogP contribution is 2.16. The third kappa shape index (κ3) is 5.08. The largest absolute Gasteiger partial charge is 0.361 e. The maximum Gasteiger partial charge on any atom is 0.191 e. The van der Waals surface area contributed by atoms with Crippen molar-refractivity contribution in [2.45, 2.75) is 38.6 Å². The van der Waals surface area contributed by atoms with Crippen LogP contribution in [0.1, 0.15) is 28.1 Å². The molecule has 0 saturated heterocycles. The predicted octanol–water partition coefficient (Wildman–Crippen LogP) is 1.91. The summed E-state index contributed by atoms with van der Waals surface area (Å²) in [6.07, 6.45) is 2.02. The highest BCUT2D eigenvalue weighted by molar-refractivity contribution is 7.90. The van der Waals surface area contributed by atoms with Crippen LogP contribution in [-0.4, -0.2) is 39.4 Å². The Morgan fingerprint density at radius 1 is 1.23 bits per heavy atom. The molecule has 0 aliphatic carbocycles. The lowest BCUT2D eigenvalue weighted by Crippen LogP contribution is -2.37. The molecule has 0 aliphatic rings. The molecule has 2 aromatic rings. The SMILES string of the molecule is CN=C(NCCc1c(C)noc1C)NCc1ccc(S(C)(=O)=O)c(C)c1. The smallest absolute Gasteiger partial charge is 0.191 e. The Hall–Kier alpha value is -2.35. The minimum atomic E-state index is -3.20. The Kier molecular flexibility index (Phi) is 6.42. The second kappa shape index (κ2) is 8.35. The van der Waals surface area contributed by atoms with E-state index in [1.165, 1.54) is 6.26 Å². The van der Waals surface area contributed by atoms with E-state index in [0.29, 0.717) is 23.9 Å². The summed E-state index contributed by atoms with van der Waals surface area (Å²) in [6.45, 7) is 6.90. The zero-order valence-corrected chi connectivity index (χ0v) is 16.7. The van der Waals surface area contributed by atoms with Gasteiger partial charge in [0.1, 0.15) is 5.76 Å². The molecule has 0 aliphatic heterocycles. The second-order valence-electron chi connectivity index (χ2n) is 6.28. The average Bonchev–Trinajstić information content (AvgIpc) is 2.88. The van der Waals surface area contributed by atoms with E-state index in [1.54, 1.807) is 20.0 Å². The molecule has 0 saturated carbocycles. The molecule has 7 nitrogen and oxygen atoms in total. The number of aromatic nitrogens is 1. The van der Waals surface area contributed by atoms with Gasteiger partial charge in [-0.15, -0.1) is 0 Å². The first-order chi connectivity index (χ1) is 12.2. The molecule has 1 aromatic carbocycles. The van der Waals surface area contributed by atoms with Gasteiger partial charge in [-0.3, -0.25) is 4.99 Å². The van der Waals surface area contributed by atoms with Crippen LogP contribution >= 0.6 is 0 Å². The number of guanidine groups is 1. The summed E-state index contributed by atoms with van der Waals surface area (Å²) in [5, 5.41) is 10.4. The average molecular weight is 378 g/mol. The van der Waals surface area contributed by atoms with E-state index in [-0.39, 0.29) is 0 Å². The fraction of sp³-hybridized carbons (Fsp3) is 0.444. The van der Waals surface area contributed by atoms with Gasteiger partial charge in [-0.1, -0.05) is 17.3 Å². The Morgan fingerprint density at radius 2 is 1.96 bits per heavy atom. The van der Waals surface area contributed by atoms with Crippen LogP contribution in [0.5, 0.6) is 0 Å². The highest BCUT2D eigenvalue weighted by atomic mass is 32.2. The molecule has 1 heterocycles. The lowest BCUT2D eigenvalue weighted by molar-refractivity contribution is 0.392. The van der Waals surface area contributed by atoms with Crippen LogP contribution < -0.4 is 10.6 Å². The van der Waals surface area contributed by atoms with Gasteiger partial charge in [-0.05, 0) is 44.4 Å². The minimum Gasteiger partial charge on any atom is -0.361 e. The van der Waals surface area contributed by atoms with Crippen LogP contribution in [0.4, 0.5) is 0 Å². The van der Waals surface area contributed by atoms with E-state index in [4.69, 9.17) is 4.52 Å². The lowest BCUT2D eigenvalue weighted by Gasteiger charge is -2.13. The van der Waals surface area contributed by atoms with Crippen molar-refractivity contribution in [2.24, 2.45) is 4.99 Å². The maximum atomic E-state index is 11.7. The monoisotopic (exact) mass is 378 g/mol. The fourth-order valence-corrected chi connectivity index (χ4v) is 3.77. The van der Waals surface area contributed by atoms with Crippen molar-refractivity contribution >= 4 is 15.8 Å². The molecule has 8 heteroatoms. The normalized spacial score (nSPS) is 12.3. The summed E-state index contributed by atoms with van der Waals surface area (Å²) in [5.41, 5.74) is 3.75. The predicted molar refractivity (Wildman–Crippen MR) is 102 cm³/mol. The van der Waals surface area contributed by atoms with Crippen LogP contribution in [-0.2, 0) is 22.8 Å². The maximum absolute atomic E-state index is 11.7. The minimum absolute atomic E-state index is 0.364. The zero-order valence-electron chi connectivity index (χ0n) is 15.9. The van der Waals surface area contributed by atoms with Gasteiger partial charge in [-0.2, -0.15) is 0 Å². The Bertz CT molecular complexity index is 882. The van der Waals surface area contributed by atoms with Crippen LogP contribution in [0.2, 0.25) is 0 Å². The number of hydrogen-bond donors (Lipinski definition) is 2. The fourth-order valence-electron chi connectivity index (χ4n) is 2.81. The van der Waals surface area contributed by atoms with E-state index in [9.17, 15) is 8.42 Å². The summed E-state index contributed by atoms with van der Waals surface area (Å²) in [5.74, 6) is 1.52. The molecule has 142 valence electrons. The summed E-state index contributed by atoms with van der Waals surface area (Å²) >= 11 is 0. The van der Waals surface area contributed by atoms with Gasteiger partial charge in [-0.25, -0.2) is 8.42 Å². The van der Waals surface area contributed by atoms with E-state index >= 15 is 0 Å². The van der Waals surface area contributed by atoms with Crippen LogP contribution in [0, 0.1) is 20.8 Å². The number of hydrogen-bond acceptors (Lipinski definition) is 5. The van der Waals surface area contributed by atoms with Gasteiger partial charge in [0, 0.05) is 32.0 Å². The molecule has 0 radical (unpaired) electrons. The highest BCUT2D eigenvalue weighted by Gasteiger charge is 2.11. The van der Waals surface area contributed by atoms with Crippen LogP contribution in [0.25, 0.3) is 0 Å². The molecular weight excluding hydrogens is 352 g/mol. The lowest BCUT2D eigenvalue weighted by atomic mass is 10.1. The molecule has 1 aromatic heterocycles. The number of benzene rings is 1. The van der Waals surface area contributed by atoms with Gasteiger partial charge in [0.15, 0.2) is 15.8 Å². The van der Waals surface area contributed by atoms with E-state index in [0.717, 1.165) is 34.6 Å². The van der Waals surface area contributed by atoms with Crippen molar-refractivity contribution in [3.05, 3.63) is 46.3 Å². The van der Waals surface area contributed by atoms with Crippen molar-refractivity contribution in [3.8, 4) is 0 Å². The quantitative estimate of drug-likeness (QED) is 0.589. The van der Waals surface area contributed by atoms with Gasteiger partial charge in [0.05, 0.1) is 10.6 Å². The molecule has 0 fully saturated rings. The molecule has 0 bridgehead atoms. The molecule has 0 unspecified atom stereocenters. The molecule has 2 N–H and O–H groups in total. The molecule has 26 heavy (non-hydrogen) atoms. The topological polar surface area (TPSA) is 96.6 Å². The molecule has 0 atom stereocenters. The van der Waals surface area contributed by atoms with Crippen molar-refractivity contribution in [2.75, 3.05) is 19.8 Å². The number of nitrogens with one attached hydrogen (secondary N) is 2. The number of nitrogens with zero attached hydrogens (tertiary/aromatic N) is 2. The van der Waals surface area contributed by atoms with E-state index in [1.807, 2.05) is 26.0 Å². The van der Waals surface area contributed by atoms with E-state index < -0.39 is 9.84 Å². The zero-order chi connectivity index (χ0) is 19.3. The summed E-state index contributed by atoms with van der Waals surface area (Å²) in [7, 11) is -1.48. The van der Waals surface area contributed by atoms with Crippen molar-refractivity contribution in [3.63, 3.8) is 0 Å². The second-order valence-corrected chi connectivity index (χ2v) is 8.26. The van der Waals surface area contributed by atoms with Gasteiger partial charge >= 0.3 is 0 Å². The van der Waals surface area contributed by atoms with E-state index in [2.05, 4.69) is 20.8 Å². The third-order valence-corrected chi connectivity index (χ3v) is 5.43. The summed E-state index contributed by atoms with van der Waals surface area (Å²) in [6, 6.07) is 5.34. The first-order valence-electron chi connectivity index (χ1n) is 8.38. The Labute approximate surface area is 154 Å². The van der Waals surface area contributed by atoms with Gasteiger partial charge in [0.25, 0.3) is 0 Å². The Balaban J connectivity index is 1.90. The number of aliphatic imine (C=N–C) groups is 1.